The van der Waals surface area contributed by atoms with Gasteiger partial charge in [-0.15, -0.1) is 0 Å². The summed E-state index contributed by atoms with van der Waals surface area (Å²) in [5, 5.41) is 28.3. The molecule has 36 heavy (non-hydrogen) atoms. The molecule has 8 N–H and O–H groups in total. The maximum absolute atomic E-state index is 12.4. The molecule has 0 saturated carbocycles. The van der Waals surface area contributed by atoms with Crippen molar-refractivity contribution >= 4 is 23.6 Å². The Bertz CT molecular complexity index is 1020. The van der Waals surface area contributed by atoms with E-state index >= 15 is 0 Å². The van der Waals surface area contributed by atoms with Crippen LogP contribution in [0.2, 0.25) is 0 Å². The Balaban J connectivity index is 1.83. The first-order valence-electron chi connectivity index (χ1n) is 11.5. The van der Waals surface area contributed by atoms with Crippen molar-refractivity contribution in [2.45, 2.75) is 37.9 Å². The van der Waals surface area contributed by atoms with Crippen molar-refractivity contribution < 1.29 is 29.4 Å². The maximum atomic E-state index is 12.4. The molecule has 0 unspecified atom stereocenters. The van der Waals surface area contributed by atoms with E-state index in [4.69, 9.17) is 10.8 Å². The van der Waals surface area contributed by atoms with Crippen molar-refractivity contribution in [3.63, 3.8) is 0 Å². The molecular weight excluding hydrogens is 466 g/mol. The van der Waals surface area contributed by atoms with Crippen molar-refractivity contribution in [3.8, 4) is 5.75 Å². The van der Waals surface area contributed by atoms with Gasteiger partial charge in [0, 0.05) is 13.0 Å². The number of aromatic hydroxyl groups is 1. The van der Waals surface area contributed by atoms with E-state index in [-0.39, 0.29) is 31.7 Å². The SMILES string of the molecule is C[C@@H](NC(=O)[C@@H](N)Cc1ccc(O)cc1)C(=O)NCC(=O)N[C@@H](Cc1ccccc1)C(=O)NCCO. The van der Waals surface area contributed by atoms with Crippen molar-refractivity contribution in [2.75, 3.05) is 19.7 Å². The highest BCUT2D eigenvalue weighted by molar-refractivity contribution is 5.93. The first-order chi connectivity index (χ1) is 17.2. The minimum Gasteiger partial charge on any atom is -0.508 e. The molecule has 0 aliphatic heterocycles. The summed E-state index contributed by atoms with van der Waals surface area (Å²) < 4.78 is 0. The summed E-state index contributed by atoms with van der Waals surface area (Å²) >= 11 is 0. The predicted molar refractivity (Wildman–Crippen MR) is 133 cm³/mol. The number of hydrogen-bond acceptors (Lipinski definition) is 7. The number of benzene rings is 2. The van der Waals surface area contributed by atoms with Crippen LogP contribution in [0.15, 0.2) is 54.6 Å². The highest BCUT2D eigenvalue weighted by atomic mass is 16.3. The number of nitrogens with two attached hydrogens (primary N) is 1. The number of hydrogen-bond donors (Lipinski definition) is 7. The third-order valence-electron chi connectivity index (χ3n) is 5.25. The van der Waals surface area contributed by atoms with Crippen LogP contribution >= 0.6 is 0 Å². The van der Waals surface area contributed by atoms with Crippen LogP contribution in [0.5, 0.6) is 5.75 Å². The van der Waals surface area contributed by atoms with Gasteiger partial charge in [0.1, 0.15) is 17.8 Å². The van der Waals surface area contributed by atoms with Crippen molar-refractivity contribution in [1.29, 1.82) is 0 Å². The van der Waals surface area contributed by atoms with E-state index in [1.54, 1.807) is 12.1 Å². The molecule has 0 heterocycles. The van der Waals surface area contributed by atoms with Gasteiger partial charge in [0.2, 0.25) is 23.6 Å². The minimum absolute atomic E-state index is 0.0445. The molecule has 4 amide bonds. The summed E-state index contributed by atoms with van der Waals surface area (Å²) in [7, 11) is 0. The summed E-state index contributed by atoms with van der Waals surface area (Å²) in [5.74, 6) is -2.09. The molecule has 11 heteroatoms. The fourth-order valence-corrected chi connectivity index (χ4v) is 3.29. The summed E-state index contributed by atoms with van der Waals surface area (Å²) in [5.41, 5.74) is 7.49. The van der Waals surface area contributed by atoms with E-state index in [1.165, 1.54) is 19.1 Å². The number of amides is 4. The van der Waals surface area contributed by atoms with Gasteiger partial charge >= 0.3 is 0 Å². The Morgan fingerprint density at radius 2 is 1.47 bits per heavy atom. The molecule has 0 fully saturated rings. The number of carbonyl (C=O) groups is 4. The number of rotatable bonds is 13. The quantitative estimate of drug-likeness (QED) is 0.179. The van der Waals surface area contributed by atoms with Crippen LogP contribution < -0.4 is 27.0 Å². The van der Waals surface area contributed by atoms with Gasteiger partial charge in [-0.1, -0.05) is 42.5 Å². The molecule has 0 aliphatic rings. The van der Waals surface area contributed by atoms with Crippen LogP contribution in [0, 0.1) is 0 Å². The Labute approximate surface area is 209 Å². The predicted octanol–water partition coefficient (Wildman–Crippen LogP) is -1.28. The van der Waals surface area contributed by atoms with Gasteiger partial charge in [-0.05, 0) is 36.6 Å². The fourth-order valence-electron chi connectivity index (χ4n) is 3.29. The molecular formula is C25H33N5O6. The molecule has 3 atom stereocenters. The molecule has 0 aromatic heterocycles. The molecule has 194 valence electrons. The third-order valence-corrected chi connectivity index (χ3v) is 5.25. The van der Waals surface area contributed by atoms with E-state index < -0.39 is 48.3 Å². The Kier molecular flexibility index (Phi) is 11.3. The normalized spacial score (nSPS) is 13.1. The summed E-state index contributed by atoms with van der Waals surface area (Å²) in [6, 6.07) is 12.6. The van der Waals surface area contributed by atoms with E-state index in [2.05, 4.69) is 21.3 Å². The van der Waals surface area contributed by atoms with Crippen LogP contribution in [-0.4, -0.2) is 71.7 Å². The van der Waals surface area contributed by atoms with E-state index in [1.807, 2.05) is 30.3 Å². The van der Waals surface area contributed by atoms with Crippen LogP contribution in [0.25, 0.3) is 0 Å². The third kappa shape index (κ3) is 9.72. The summed E-state index contributed by atoms with van der Waals surface area (Å²) in [6.07, 6.45) is 0.438. The molecule has 0 aliphatic carbocycles. The highest BCUT2D eigenvalue weighted by Crippen LogP contribution is 2.11. The Hall–Kier alpha value is -3.96. The monoisotopic (exact) mass is 499 g/mol. The number of aliphatic hydroxyl groups is 1. The van der Waals surface area contributed by atoms with Gasteiger partial charge in [-0.25, -0.2) is 0 Å². The molecule has 0 saturated heterocycles. The number of aliphatic hydroxyl groups excluding tert-OH is 1. The van der Waals surface area contributed by atoms with Crippen molar-refractivity contribution in [3.05, 3.63) is 65.7 Å². The second-order valence-corrected chi connectivity index (χ2v) is 8.25. The number of phenols is 1. The molecule has 2 aromatic rings. The molecule has 2 rings (SSSR count). The van der Waals surface area contributed by atoms with E-state index in [9.17, 15) is 24.3 Å². The maximum Gasteiger partial charge on any atom is 0.243 e. The van der Waals surface area contributed by atoms with Gasteiger partial charge in [-0.2, -0.15) is 0 Å². The second-order valence-electron chi connectivity index (χ2n) is 8.25. The Morgan fingerprint density at radius 1 is 0.833 bits per heavy atom. The first kappa shape index (κ1) is 28.3. The highest BCUT2D eigenvalue weighted by Gasteiger charge is 2.23. The zero-order valence-electron chi connectivity index (χ0n) is 20.1. The van der Waals surface area contributed by atoms with Crippen molar-refractivity contribution in [1.82, 2.24) is 21.3 Å². The largest absolute Gasteiger partial charge is 0.508 e. The smallest absolute Gasteiger partial charge is 0.243 e. The van der Waals surface area contributed by atoms with Gasteiger partial charge in [0.05, 0.1) is 19.2 Å². The average molecular weight is 500 g/mol. The molecule has 0 bridgehead atoms. The Morgan fingerprint density at radius 3 is 2.11 bits per heavy atom. The molecule has 11 nitrogen and oxygen atoms in total. The van der Waals surface area contributed by atoms with Gasteiger partial charge in [0.25, 0.3) is 0 Å². The lowest BCUT2D eigenvalue weighted by Gasteiger charge is -2.20. The molecule has 0 spiro atoms. The standard InChI is InChI=1S/C25H33N5O6/c1-16(29-24(35)20(26)13-18-7-9-19(32)10-8-18)23(34)28-15-22(33)30-21(25(36)27-11-12-31)14-17-5-3-2-4-6-17/h2-10,16,20-21,31-32H,11-15,26H2,1H3,(H,27,36)(H,28,34)(H,29,35)(H,30,33)/t16-,20+,21+/m1/s1. The average Bonchev–Trinajstić information content (AvgIpc) is 2.87. The lowest BCUT2D eigenvalue weighted by atomic mass is 10.1. The summed E-state index contributed by atoms with van der Waals surface area (Å²) in [4.78, 5) is 49.6. The fraction of sp³-hybridized carbons (Fsp3) is 0.360. The van der Waals surface area contributed by atoms with Crippen LogP contribution in [0.4, 0.5) is 0 Å². The van der Waals surface area contributed by atoms with E-state index in [0.717, 1.165) is 11.1 Å². The molecule has 0 radical (unpaired) electrons. The first-order valence-corrected chi connectivity index (χ1v) is 11.5. The summed E-state index contributed by atoms with van der Waals surface area (Å²) in [6.45, 7) is 0.856. The van der Waals surface area contributed by atoms with E-state index in [0.29, 0.717) is 0 Å². The van der Waals surface area contributed by atoms with Gasteiger partial charge in [0.15, 0.2) is 0 Å². The topological polar surface area (TPSA) is 183 Å². The zero-order valence-corrected chi connectivity index (χ0v) is 20.1. The number of phenolic OH excluding ortho intramolecular Hbond substituents is 1. The molecule has 2 aromatic carbocycles. The minimum atomic E-state index is -0.955. The lowest BCUT2D eigenvalue weighted by molar-refractivity contribution is -0.131. The van der Waals surface area contributed by atoms with Gasteiger partial charge < -0.3 is 37.2 Å². The number of nitrogens with one attached hydrogen (secondary N) is 4. The van der Waals surface area contributed by atoms with Gasteiger partial charge in [-0.3, -0.25) is 19.2 Å². The zero-order chi connectivity index (χ0) is 26.5. The lowest BCUT2D eigenvalue weighted by Crippen LogP contribution is -2.54. The number of carbonyl (C=O) groups excluding carboxylic acids is 4. The van der Waals surface area contributed by atoms with Crippen molar-refractivity contribution in [2.24, 2.45) is 5.73 Å². The van der Waals surface area contributed by atoms with Crippen LogP contribution in [-0.2, 0) is 32.0 Å². The second kappa shape index (κ2) is 14.4. The van der Waals surface area contributed by atoms with Crippen LogP contribution in [0.3, 0.4) is 0 Å². The van der Waals surface area contributed by atoms with Crippen LogP contribution in [0.1, 0.15) is 18.1 Å².